The van der Waals surface area contributed by atoms with Gasteiger partial charge in [0.25, 0.3) is 10.2 Å². The number of aliphatic hydroxyl groups excluding tert-OH is 1. The minimum Gasteiger partial charge on any atom is -0.396 e. The maximum Gasteiger partial charge on any atom is 0.279 e. The average molecular weight is 312 g/mol. The molecular weight excluding hydrogens is 288 g/mol. The summed E-state index contributed by atoms with van der Waals surface area (Å²) in [5, 5.41) is 9.09. The molecule has 0 unspecified atom stereocenters. The molecule has 0 saturated carbocycles. The zero-order valence-electron chi connectivity index (χ0n) is 12.5. The van der Waals surface area contributed by atoms with Crippen molar-refractivity contribution < 1.29 is 13.5 Å². The normalized spacial score (nSPS) is 18.0. The number of hydrogen-bond donors (Lipinski definition) is 2. The van der Waals surface area contributed by atoms with Crippen LogP contribution < -0.4 is 4.72 Å². The van der Waals surface area contributed by atoms with Crippen molar-refractivity contribution in [1.29, 1.82) is 0 Å². The smallest absolute Gasteiger partial charge is 0.279 e. The first-order valence-corrected chi connectivity index (χ1v) is 8.86. The lowest BCUT2D eigenvalue weighted by atomic mass is 10.00. The lowest BCUT2D eigenvalue weighted by Gasteiger charge is -2.30. The Morgan fingerprint density at radius 3 is 2.67 bits per heavy atom. The zero-order valence-corrected chi connectivity index (χ0v) is 13.3. The molecule has 0 radical (unpaired) electrons. The highest BCUT2D eigenvalue weighted by molar-refractivity contribution is 7.87. The number of aryl methyl sites for hydroxylation is 1. The van der Waals surface area contributed by atoms with Crippen LogP contribution in [0.1, 0.15) is 24.0 Å². The Kier molecular flexibility index (Phi) is 5.75. The number of aliphatic hydroxyl groups is 1. The molecule has 5 nitrogen and oxygen atoms in total. The van der Waals surface area contributed by atoms with Crippen molar-refractivity contribution in [3.8, 4) is 0 Å². The van der Waals surface area contributed by atoms with Crippen molar-refractivity contribution >= 4 is 10.2 Å². The second-order valence-electron chi connectivity index (χ2n) is 5.66. The topological polar surface area (TPSA) is 69.6 Å². The number of piperidine rings is 1. The van der Waals surface area contributed by atoms with E-state index in [9.17, 15) is 8.42 Å². The third kappa shape index (κ3) is 4.78. The van der Waals surface area contributed by atoms with Gasteiger partial charge in [0.2, 0.25) is 0 Å². The van der Waals surface area contributed by atoms with Gasteiger partial charge in [0, 0.05) is 26.2 Å². The van der Waals surface area contributed by atoms with Crippen LogP contribution in [0.2, 0.25) is 0 Å². The van der Waals surface area contributed by atoms with Crippen LogP contribution in [0.3, 0.4) is 0 Å². The van der Waals surface area contributed by atoms with E-state index in [4.69, 9.17) is 5.11 Å². The molecule has 0 spiro atoms. The van der Waals surface area contributed by atoms with Gasteiger partial charge in [0.1, 0.15) is 0 Å². The predicted molar refractivity (Wildman–Crippen MR) is 83.2 cm³/mol. The standard InChI is InChI=1S/C15H24N2O3S/c1-13-3-2-4-14(11-13)5-8-16-21(19,20)17-9-6-15(12-18)7-10-17/h2-4,11,15-16,18H,5-10,12H2,1H3. The molecule has 0 atom stereocenters. The summed E-state index contributed by atoms with van der Waals surface area (Å²) in [6, 6.07) is 8.09. The second-order valence-corrected chi connectivity index (χ2v) is 7.42. The van der Waals surface area contributed by atoms with Crippen molar-refractivity contribution in [2.24, 2.45) is 5.92 Å². The Hall–Kier alpha value is -0.950. The molecule has 1 aromatic carbocycles. The predicted octanol–water partition coefficient (Wildman–Crippen LogP) is 1.08. The lowest BCUT2D eigenvalue weighted by molar-refractivity contribution is 0.169. The van der Waals surface area contributed by atoms with Crippen molar-refractivity contribution in [3.63, 3.8) is 0 Å². The van der Waals surface area contributed by atoms with E-state index in [1.165, 1.54) is 9.87 Å². The number of nitrogens with zero attached hydrogens (tertiary/aromatic N) is 1. The maximum absolute atomic E-state index is 12.2. The third-order valence-corrected chi connectivity index (χ3v) is 5.57. The summed E-state index contributed by atoms with van der Waals surface area (Å²) in [6.07, 6.45) is 2.15. The van der Waals surface area contributed by atoms with Gasteiger partial charge < -0.3 is 5.11 Å². The van der Waals surface area contributed by atoms with Gasteiger partial charge in [-0.15, -0.1) is 0 Å². The van der Waals surface area contributed by atoms with Crippen molar-refractivity contribution in [3.05, 3.63) is 35.4 Å². The van der Waals surface area contributed by atoms with Crippen LogP contribution in [-0.4, -0.2) is 44.1 Å². The molecule has 6 heteroatoms. The van der Waals surface area contributed by atoms with Crippen LogP contribution in [0, 0.1) is 12.8 Å². The number of hydrogen-bond acceptors (Lipinski definition) is 3. The van der Waals surface area contributed by atoms with Gasteiger partial charge in [-0.25, -0.2) is 4.72 Å². The highest BCUT2D eigenvalue weighted by atomic mass is 32.2. The molecule has 1 heterocycles. The van der Waals surface area contributed by atoms with Crippen molar-refractivity contribution in [1.82, 2.24) is 9.03 Å². The van der Waals surface area contributed by atoms with Crippen molar-refractivity contribution in [2.45, 2.75) is 26.2 Å². The highest BCUT2D eigenvalue weighted by Crippen LogP contribution is 2.18. The molecule has 1 aliphatic heterocycles. The molecule has 1 saturated heterocycles. The van der Waals surface area contributed by atoms with E-state index in [0.717, 1.165) is 18.4 Å². The molecule has 0 aliphatic carbocycles. The fourth-order valence-corrected chi connectivity index (χ4v) is 3.85. The minimum atomic E-state index is -3.39. The van der Waals surface area contributed by atoms with Crippen molar-refractivity contribution in [2.75, 3.05) is 26.2 Å². The first-order chi connectivity index (χ1) is 10.0. The molecule has 21 heavy (non-hydrogen) atoms. The first kappa shape index (κ1) is 16.4. The lowest BCUT2D eigenvalue weighted by Crippen LogP contribution is -2.45. The first-order valence-electron chi connectivity index (χ1n) is 7.42. The van der Waals surface area contributed by atoms with E-state index in [0.29, 0.717) is 26.1 Å². The summed E-state index contributed by atoms with van der Waals surface area (Å²) in [5.74, 6) is 0.240. The molecule has 118 valence electrons. The Morgan fingerprint density at radius 1 is 1.33 bits per heavy atom. The number of nitrogens with one attached hydrogen (secondary N) is 1. The van der Waals surface area contributed by atoms with Gasteiger partial charge >= 0.3 is 0 Å². The SMILES string of the molecule is Cc1cccc(CCNS(=O)(=O)N2CCC(CO)CC2)c1. The minimum absolute atomic E-state index is 0.147. The summed E-state index contributed by atoms with van der Waals surface area (Å²) in [6.45, 7) is 3.56. The van der Waals surface area contributed by atoms with Crippen LogP contribution in [-0.2, 0) is 16.6 Å². The Morgan fingerprint density at radius 2 is 2.05 bits per heavy atom. The summed E-state index contributed by atoms with van der Waals surface area (Å²) in [4.78, 5) is 0. The summed E-state index contributed by atoms with van der Waals surface area (Å²) in [7, 11) is -3.39. The number of benzene rings is 1. The largest absolute Gasteiger partial charge is 0.396 e. The Balaban J connectivity index is 1.82. The Bertz CT molecular complexity index is 552. The molecule has 2 rings (SSSR count). The van der Waals surface area contributed by atoms with Crippen LogP contribution in [0.15, 0.2) is 24.3 Å². The van der Waals surface area contributed by atoms with Gasteiger partial charge in [-0.1, -0.05) is 29.8 Å². The van der Waals surface area contributed by atoms with E-state index in [1.54, 1.807) is 0 Å². The summed E-state index contributed by atoms with van der Waals surface area (Å²) in [5.41, 5.74) is 2.32. The van der Waals surface area contributed by atoms with E-state index in [1.807, 2.05) is 25.1 Å². The zero-order chi connectivity index (χ0) is 15.3. The van der Waals surface area contributed by atoms with E-state index in [-0.39, 0.29) is 12.5 Å². The highest BCUT2D eigenvalue weighted by Gasteiger charge is 2.27. The molecule has 0 amide bonds. The van der Waals surface area contributed by atoms with Gasteiger partial charge in [0.15, 0.2) is 0 Å². The fourth-order valence-electron chi connectivity index (χ4n) is 2.62. The monoisotopic (exact) mass is 312 g/mol. The summed E-state index contributed by atoms with van der Waals surface area (Å²) >= 11 is 0. The fraction of sp³-hybridized carbons (Fsp3) is 0.600. The molecular formula is C15H24N2O3S. The van der Waals surface area contributed by atoms with E-state index < -0.39 is 10.2 Å². The molecule has 1 fully saturated rings. The van der Waals surface area contributed by atoms with Gasteiger partial charge in [-0.05, 0) is 37.7 Å². The maximum atomic E-state index is 12.2. The van der Waals surface area contributed by atoms with Gasteiger partial charge in [-0.3, -0.25) is 0 Å². The van der Waals surface area contributed by atoms with Crippen LogP contribution in [0.4, 0.5) is 0 Å². The third-order valence-electron chi connectivity index (χ3n) is 3.95. The molecule has 0 aromatic heterocycles. The van der Waals surface area contributed by atoms with Crippen LogP contribution in [0.5, 0.6) is 0 Å². The van der Waals surface area contributed by atoms with Crippen LogP contribution in [0.25, 0.3) is 0 Å². The quantitative estimate of drug-likeness (QED) is 0.826. The summed E-state index contributed by atoms with van der Waals surface area (Å²) < 4.78 is 28.5. The number of rotatable bonds is 6. The molecule has 2 N–H and O–H groups in total. The average Bonchev–Trinajstić information content (AvgIpc) is 2.47. The second kappa shape index (κ2) is 7.35. The Labute approximate surface area is 127 Å². The molecule has 1 aromatic rings. The van der Waals surface area contributed by atoms with Crippen LogP contribution >= 0.6 is 0 Å². The van der Waals surface area contributed by atoms with Gasteiger partial charge in [0.05, 0.1) is 0 Å². The van der Waals surface area contributed by atoms with Gasteiger partial charge in [-0.2, -0.15) is 12.7 Å². The molecule has 1 aliphatic rings. The van der Waals surface area contributed by atoms with E-state index >= 15 is 0 Å². The molecule has 0 bridgehead atoms. The van der Waals surface area contributed by atoms with E-state index in [2.05, 4.69) is 10.8 Å².